The molecule has 1 N–H and O–H groups in total. The van der Waals surface area contributed by atoms with E-state index in [-0.39, 0.29) is 6.04 Å². The molecule has 1 amide bonds. The number of aryl methyl sites for hydroxylation is 1. The number of hydrogen-bond donors (Lipinski definition) is 1. The molecule has 2 rings (SSSR count). The molecule has 1 aromatic rings. The summed E-state index contributed by atoms with van der Waals surface area (Å²) in [6.45, 7) is 2.25. The summed E-state index contributed by atoms with van der Waals surface area (Å²) < 4.78 is 47.3. The first-order chi connectivity index (χ1) is 10.3. The van der Waals surface area contributed by atoms with Gasteiger partial charge in [-0.2, -0.15) is 13.2 Å². The Morgan fingerprint density at radius 3 is 2.82 bits per heavy atom. The van der Waals surface area contributed by atoms with Crippen molar-refractivity contribution in [3.63, 3.8) is 0 Å². The third-order valence-electron chi connectivity index (χ3n) is 3.45. The Labute approximate surface area is 126 Å². The second-order valence-corrected chi connectivity index (χ2v) is 5.26. The summed E-state index contributed by atoms with van der Waals surface area (Å²) in [5.74, 6) is 0.486. The van der Waals surface area contributed by atoms with E-state index in [4.69, 9.17) is 9.47 Å². The molecule has 0 radical (unpaired) electrons. The van der Waals surface area contributed by atoms with E-state index < -0.39 is 24.9 Å². The van der Waals surface area contributed by atoms with Crippen molar-refractivity contribution in [2.75, 3.05) is 13.7 Å². The maximum Gasteiger partial charge on any atom is 0.389 e. The normalized spacial score (nSPS) is 17.4. The number of ether oxygens (including phenoxy) is 2. The number of carbonyl (C=O) groups is 1. The molecule has 1 aromatic carbocycles. The Balaban J connectivity index is 2.12. The molecule has 1 aliphatic heterocycles. The number of halogens is 3. The number of methoxy groups -OCH3 is 1. The standard InChI is InChI=1S/C15H18F3NO3/c1-9-7-10-11(19-13(20)3-5-15(16,17)18)4-6-22-14(10)12(8-9)21-2/h7-8,11H,3-6H2,1-2H3,(H,19,20). The topological polar surface area (TPSA) is 47.6 Å². The van der Waals surface area contributed by atoms with Crippen molar-refractivity contribution >= 4 is 5.91 Å². The number of carbonyl (C=O) groups excluding carboxylic acids is 1. The summed E-state index contributed by atoms with van der Waals surface area (Å²) in [4.78, 5) is 11.7. The maximum absolute atomic E-state index is 12.2. The van der Waals surface area contributed by atoms with Crippen LogP contribution in [0.2, 0.25) is 0 Å². The summed E-state index contributed by atoms with van der Waals surface area (Å²) in [7, 11) is 1.52. The lowest BCUT2D eigenvalue weighted by Crippen LogP contribution is -2.33. The molecule has 4 nitrogen and oxygen atoms in total. The van der Waals surface area contributed by atoms with Gasteiger partial charge in [0.15, 0.2) is 11.5 Å². The van der Waals surface area contributed by atoms with Gasteiger partial charge in [-0.15, -0.1) is 0 Å². The van der Waals surface area contributed by atoms with Crippen LogP contribution in [0.5, 0.6) is 11.5 Å². The molecular weight excluding hydrogens is 299 g/mol. The molecule has 0 aliphatic carbocycles. The van der Waals surface area contributed by atoms with Gasteiger partial charge in [-0.05, 0) is 18.6 Å². The van der Waals surface area contributed by atoms with Gasteiger partial charge in [0.05, 0.1) is 26.2 Å². The molecule has 1 aliphatic rings. The summed E-state index contributed by atoms with van der Waals surface area (Å²) in [6.07, 6.45) is -5.51. The highest BCUT2D eigenvalue weighted by atomic mass is 19.4. The summed E-state index contributed by atoms with van der Waals surface area (Å²) in [6, 6.07) is 3.30. The number of benzene rings is 1. The number of fused-ring (bicyclic) bond motifs is 1. The summed E-state index contributed by atoms with van der Waals surface area (Å²) in [5, 5.41) is 2.65. The van der Waals surface area contributed by atoms with E-state index in [0.29, 0.717) is 24.5 Å². The predicted molar refractivity (Wildman–Crippen MR) is 74.0 cm³/mol. The number of hydrogen-bond acceptors (Lipinski definition) is 3. The van der Waals surface area contributed by atoms with Crippen LogP contribution in [0.15, 0.2) is 12.1 Å². The van der Waals surface area contributed by atoms with Crippen LogP contribution in [0.25, 0.3) is 0 Å². The minimum atomic E-state index is -4.33. The van der Waals surface area contributed by atoms with Gasteiger partial charge in [0, 0.05) is 18.4 Å². The minimum Gasteiger partial charge on any atom is -0.493 e. The highest BCUT2D eigenvalue weighted by molar-refractivity contribution is 5.76. The molecule has 1 atom stereocenters. The Hall–Kier alpha value is -1.92. The highest BCUT2D eigenvalue weighted by Crippen LogP contribution is 2.40. The maximum atomic E-state index is 12.2. The van der Waals surface area contributed by atoms with Crippen LogP contribution in [-0.4, -0.2) is 25.8 Å². The lowest BCUT2D eigenvalue weighted by Gasteiger charge is -2.28. The van der Waals surface area contributed by atoms with Crippen molar-refractivity contribution in [1.82, 2.24) is 5.32 Å². The van der Waals surface area contributed by atoms with E-state index >= 15 is 0 Å². The van der Waals surface area contributed by atoms with Crippen molar-refractivity contribution in [2.24, 2.45) is 0 Å². The molecule has 0 spiro atoms. The number of amides is 1. The quantitative estimate of drug-likeness (QED) is 0.927. The zero-order valence-electron chi connectivity index (χ0n) is 12.4. The van der Waals surface area contributed by atoms with Crippen LogP contribution in [0, 0.1) is 6.92 Å². The Morgan fingerprint density at radius 1 is 1.45 bits per heavy atom. The van der Waals surface area contributed by atoms with E-state index in [1.165, 1.54) is 7.11 Å². The minimum absolute atomic E-state index is 0.363. The first kappa shape index (κ1) is 16.5. The first-order valence-electron chi connectivity index (χ1n) is 6.97. The van der Waals surface area contributed by atoms with Crippen LogP contribution in [-0.2, 0) is 4.79 Å². The van der Waals surface area contributed by atoms with Crippen LogP contribution >= 0.6 is 0 Å². The molecule has 0 saturated heterocycles. The van der Waals surface area contributed by atoms with E-state index in [1.807, 2.05) is 19.1 Å². The zero-order chi connectivity index (χ0) is 16.3. The number of alkyl halides is 3. The van der Waals surface area contributed by atoms with E-state index in [0.717, 1.165) is 11.1 Å². The summed E-state index contributed by atoms with van der Waals surface area (Å²) >= 11 is 0. The average Bonchev–Trinajstić information content (AvgIpc) is 2.44. The van der Waals surface area contributed by atoms with Gasteiger partial charge in [0.2, 0.25) is 5.91 Å². The molecule has 0 bridgehead atoms. The largest absolute Gasteiger partial charge is 0.493 e. The van der Waals surface area contributed by atoms with Crippen molar-refractivity contribution < 1.29 is 27.4 Å². The first-order valence-corrected chi connectivity index (χ1v) is 6.97. The lowest BCUT2D eigenvalue weighted by molar-refractivity contribution is -0.144. The molecule has 1 unspecified atom stereocenters. The molecular formula is C15H18F3NO3. The van der Waals surface area contributed by atoms with Gasteiger partial charge in [-0.1, -0.05) is 6.07 Å². The third kappa shape index (κ3) is 4.05. The Kier molecular flexibility index (Phi) is 4.83. The van der Waals surface area contributed by atoms with Crippen molar-refractivity contribution in [2.45, 2.75) is 38.4 Å². The fraction of sp³-hybridized carbons (Fsp3) is 0.533. The Morgan fingerprint density at radius 2 is 2.18 bits per heavy atom. The SMILES string of the molecule is COc1cc(C)cc2c1OCCC2NC(=O)CCC(F)(F)F. The highest BCUT2D eigenvalue weighted by Gasteiger charge is 2.30. The lowest BCUT2D eigenvalue weighted by atomic mass is 9.97. The second kappa shape index (κ2) is 6.46. The van der Waals surface area contributed by atoms with Crippen molar-refractivity contribution in [3.8, 4) is 11.5 Å². The monoisotopic (exact) mass is 317 g/mol. The van der Waals surface area contributed by atoms with Crippen LogP contribution in [0.3, 0.4) is 0 Å². The van der Waals surface area contributed by atoms with Gasteiger partial charge in [0.1, 0.15) is 0 Å². The van der Waals surface area contributed by atoms with E-state index in [2.05, 4.69) is 5.32 Å². The number of nitrogens with one attached hydrogen (secondary N) is 1. The van der Waals surface area contributed by atoms with Crippen LogP contribution < -0.4 is 14.8 Å². The van der Waals surface area contributed by atoms with Gasteiger partial charge in [0.25, 0.3) is 0 Å². The fourth-order valence-electron chi connectivity index (χ4n) is 2.44. The molecule has 1 heterocycles. The molecule has 7 heteroatoms. The van der Waals surface area contributed by atoms with Crippen LogP contribution in [0.1, 0.15) is 36.4 Å². The van der Waals surface area contributed by atoms with Gasteiger partial charge in [-0.25, -0.2) is 0 Å². The summed E-state index contributed by atoms with van der Waals surface area (Å²) in [5.41, 5.74) is 1.67. The third-order valence-corrected chi connectivity index (χ3v) is 3.45. The van der Waals surface area contributed by atoms with Crippen molar-refractivity contribution in [3.05, 3.63) is 23.3 Å². The Bertz CT molecular complexity index is 558. The molecule has 0 saturated carbocycles. The van der Waals surface area contributed by atoms with Gasteiger partial charge in [-0.3, -0.25) is 4.79 Å². The van der Waals surface area contributed by atoms with Gasteiger partial charge >= 0.3 is 6.18 Å². The van der Waals surface area contributed by atoms with Gasteiger partial charge < -0.3 is 14.8 Å². The average molecular weight is 317 g/mol. The van der Waals surface area contributed by atoms with Crippen molar-refractivity contribution in [1.29, 1.82) is 0 Å². The van der Waals surface area contributed by atoms with Crippen LogP contribution in [0.4, 0.5) is 13.2 Å². The molecule has 0 aromatic heterocycles. The second-order valence-electron chi connectivity index (χ2n) is 5.26. The van der Waals surface area contributed by atoms with E-state index in [9.17, 15) is 18.0 Å². The predicted octanol–water partition coefficient (Wildman–Crippen LogP) is 3.29. The molecule has 0 fully saturated rings. The van der Waals surface area contributed by atoms with E-state index in [1.54, 1.807) is 0 Å². The zero-order valence-corrected chi connectivity index (χ0v) is 12.4. The molecule has 22 heavy (non-hydrogen) atoms. The number of rotatable bonds is 4. The smallest absolute Gasteiger partial charge is 0.389 e. The fourth-order valence-corrected chi connectivity index (χ4v) is 2.44. The molecule has 122 valence electrons.